The monoisotopic (exact) mass is 606 g/mol. The first kappa shape index (κ1) is 36.8. The highest BCUT2D eigenvalue weighted by Crippen LogP contribution is 2.38. The highest BCUT2D eigenvalue weighted by Gasteiger charge is 2.51. The smallest absolute Gasteiger partial charge is 0.311 e. The van der Waals surface area contributed by atoms with Crippen molar-refractivity contribution in [2.75, 3.05) is 14.1 Å². The van der Waals surface area contributed by atoms with E-state index in [1.165, 1.54) is 34.9 Å². The van der Waals surface area contributed by atoms with Gasteiger partial charge in [0.1, 0.15) is 17.7 Å². The van der Waals surface area contributed by atoms with Crippen LogP contribution in [0.15, 0.2) is 5.16 Å². The fourth-order valence-corrected chi connectivity index (χ4v) is 6.72. The number of cyclic esters (lactones) is 1. The van der Waals surface area contributed by atoms with Crippen molar-refractivity contribution in [1.82, 2.24) is 0 Å². The maximum Gasteiger partial charge on any atom is 0.311 e. The summed E-state index contributed by atoms with van der Waals surface area (Å²) in [6.45, 7) is 12.5. The maximum atomic E-state index is 13.2. The molecule has 0 aromatic rings. The lowest BCUT2D eigenvalue weighted by Gasteiger charge is -2.50. The number of likely N-dealkylation sites (N-methyl/N-ethyl adjacent to an activating group) is 1. The normalized spacial score (nSPS) is 48.0. The second-order valence-electron chi connectivity index (χ2n) is 13.5. The molecule has 14 atom stereocenters. The molecule has 0 bridgehead atoms. The van der Waals surface area contributed by atoms with Crippen LogP contribution in [0, 0.1) is 28.9 Å². The number of nitrogens with zero attached hydrogens (tertiary/aromatic N) is 2. The molecule has 42 heavy (non-hydrogen) atoms. The summed E-state index contributed by atoms with van der Waals surface area (Å²) in [7, 11) is 2.82. The van der Waals surface area contributed by atoms with E-state index in [9.17, 15) is 40.7 Å². The Morgan fingerprint density at radius 3 is 2.12 bits per heavy atom. The van der Waals surface area contributed by atoms with Crippen LogP contribution in [0.3, 0.4) is 0 Å². The molecule has 6 N–H and O–H groups in total. The molecule has 2 fully saturated rings. The fourth-order valence-electron chi connectivity index (χ4n) is 6.72. The van der Waals surface area contributed by atoms with E-state index in [2.05, 4.69) is 5.16 Å². The van der Waals surface area contributed by atoms with Crippen LogP contribution >= 0.6 is 0 Å². The van der Waals surface area contributed by atoms with Gasteiger partial charge >= 0.3 is 5.97 Å². The molecule has 2 aliphatic heterocycles. The maximum absolute atomic E-state index is 13.2. The first-order valence-corrected chi connectivity index (χ1v) is 14.9. The molecule has 2 heterocycles. The van der Waals surface area contributed by atoms with Gasteiger partial charge in [-0.1, -0.05) is 32.9 Å². The number of hydrogen-bond donors (Lipinski definition) is 6. The summed E-state index contributed by atoms with van der Waals surface area (Å²) >= 11 is 0. The third-order valence-electron chi connectivity index (χ3n) is 9.37. The minimum atomic E-state index is -1.94. The van der Waals surface area contributed by atoms with Crippen LogP contribution in [0.5, 0.6) is 0 Å². The molecule has 13 nitrogen and oxygen atoms in total. The van der Waals surface area contributed by atoms with Crippen molar-refractivity contribution in [2.24, 2.45) is 28.8 Å². The number of esters is 1. The van der Waals surface area contributed by atoms with Crippen molar-refractivity contribution in [3.8, 4) is 0 Å². The van der Waals surface area contributed by atoms with Crippen LogP contribution < -0.4 is 0 Å². The molecule has 0 aromatic carbocycles. The van der Waals surface area contributed by atoms with Crippen molar-refractivity contribution in [3.63, 3.8) is 0 Å². The topological polar surface area (TPSA) is 202 Å². The predicted molar refractivity (Wildman–Crippen MR) is 153 cm³/mol. The van der Waals surface area contributed by atoms with E-state index in [0.29, 0.717) is 0 Å². The Hall–Kier alpha value is -1.42. The van der Waals surface area contributed by atoms with Gasteiger partial charge < -0.3 is 54.8 Å². The van der Waals surface area contributed by atoms with Gasteiger partial charge in [0.2, 0.25) is 0 Å². The molecule has 2 rings (SSSR count). The zero-order valence-electron chi connectivity index (χ0n) is 26.7. The highest BCUT2D eigenvalue weighted by molar-refractivity contribution is 5.88. The van der Waals surface area contributed by atoms with Crippen LogP contribution in [0.1, 0.15) is 74.7 Å². The molecule has 246 valence electrons. The summed E-state index contributed by atoms with van der Waals surface area (Å²) in [6.07, 6.45) is -8.20. The Labute approximate surface area is 249 Å². The van der Waals surface area contributed by atoms with Crippen LogP contribution in [0.2, 0.25) is 0 Å². The number of quaternary nitrogens is 1. The molecule has 0 saturated carbocycles. The van der Waals surface area contributed by atoms with Gasteiger partial charge in [-0.25, -0.2) is 0 Å². The first-order valence-electron chi connectivity index (χ1n) is 14.9. The summed E-state index contributed by atoms with van der Waals surface area (Å²) in [5.74, 6) is -4.53. The van der Waals surface area contributed by atoms with Crippen molar-refractivity contribution in [1.29, 1.82) is 0 Å². The van der Waals surface area contributed by atoms with Gasteiger partial charge in [0.05, 0.1) is 55.7 Å². The highest BCUT2D eigenvalue weighted by atomic mass is 16.7. The minimum Gasteiger partial charge on any atom is -0.633 e. The Bertz CT molecular complexity index is 937. The number of hydrogen-bond acceptors (Lipinski definition) is 12. The Morgan fingerprint density at radius 1 is 1.05 bits per heavy atom. The standard InChI is InChI=1S/C29H54N2O11/c1-11-20-29(8,37)24(34)16(4)21(30-38)14(2)13-28(7,36)25(17(5)22(32)18(6)26(35)41-20)42-27-23(33)19(31(9,10)39)12-15(3)40-27/h14-20,22-25,27,32-34,36-38H,11-13H2,1-10H3/b30-21+/t14-,15-,16+,17+,18-,19+,20-,22+,23-,24-,25-,27+,28?,29-/m1/s1. The molecule has 0 amide bonds. The number of aliphatic hydroxyl groups is 5. The van der Waals surface area contributed by atoms with Gasteiger partial charge in [0.15, 0.2) is 12.4 Å². The second-order valence-corrected chi connectivity index (χ2v) is 13.5. The fraction of sp³-hybridized carbons (Fsp3) is 0.931. The molecule has 2 saturated heterocycles. The molecule has 0 spiro atoms. The summed E-state index contributed by atoms with van der Waals surface area (Å²) in [5, 5.41) is 83.1. The molecule has 2 aliphatic rings. The van der Waals surface area contributed by atoms with E-state index in [1.807, 2.05) is 0 Å². The van der Waals surface area contributed by atoms with Gasteiger partial charge in [-0.3, -0.25) is 4.79 Å². The predicted octanol–water partition coefficient (Wildman–Crippen LogP) is 1.13. The Kier molecular flexibility index (Phi) is 12.0. The Balaban J connectivity index is 2.61. The van der Waals surface area contributed by atoms with E-state index in [-0.39, 0.29) is 25.0 Å². The first-order chi connectivity index (χ1) is 19.1. The molecular weight excluding hydrogens is 552 g/mol. The summed E-state index contributed by atoms with van der Waals surface area (Å²) in [6, 6.07) is -0.788. The van der Waals surface area contributed by atoms with E-state index in [1.54, 1.807) is 34.6 Å². The van der Waals surface area contributed by atoms with Crippen LogP contribution in [0.4, 0.5) is 0 Å². The van der Waals surface area contributed by atoms with Crippen molar-refractivity contribution < 1.29 is 54.4 Å². The molecule has 0 aromatic heterocycles. The second kappa shape index (κ2) is 13.7. The van der Waals surface area contributed by atoms with Gasteiger partial charge in [-0.05, 0) is 40.5 Å². The van der Waals surface area contributed by atoms with Crippen molar-refractivity contribution >= 4 is 11.7 Å². The number of ether oxygens (including phenoxy) is 3. The van der Waals surface area contributed by atoms with Crippen LogP contribution in [0.25, 0.3) is 0 Å². The molecular formula is C29H54N2O11. The number of aliphatic hydroxyl groups excluding tert-OH is 3. The number of oxime groups is 1. The summed E-state index contributed by atoms with van der Waals surface area (Å²) in [5.41, 5.74) is -3.65. The number of carbonyl (C=O) groups excluding carboxylic acids is 1. The number of rotatable bonds is 4. The van der Waals surface area contributed by atoms with Gasteiger partial charge in [0.25, 0.3) is 0 Å². The van der Waals surface area contributed by atoms with E-state index in [4.69, 9.17) is 14.2 Å². The lowest BCUT2D eigenvalue weighted by Crippen LogP contribution is -2.62. The summed E-state index contributed by atoms with van der Waals surface area (Å²) in [4.78, 5) is 13.2. The van der Waals surface area contributed by atoms with Crippen molar-refractivity contribution in [3.05, 3.63) is 5.21 Å². The largest absolute Gasteiger partial charge is 0.633 e. The van der Waals surface area contributed by atoms with E-state index in [0.717, 1.165) is 0 Å². The lowest BCUT2D eigenvalue weighted by molar-refractivity contribution is -0.874. The summed E-state index contributed by atoms with van der Waals surface area (Å²) < 4.78 is 16.9. The Morgan fingerprint density at radius 2 is 1.62 bits per heavy atom. The number of carbonyl (C=O) groups is 1. The third kappa shape index (κ3) is 7.80. The molecule has 1 unspecified atom stereocenters. The van der Waals surface area contributed by atoms with Gasteiger partial charge in [-0.15, -0.1) is 0 Å². The minimum absolute atomic E-state index is 0.0784. The van der Waals surface area contributed by atoms with Crippen LogP contribution in [-0.4, -0.2) is 121 Å². The van der Waals surface area contributed by atoms with Crippen molar-refractivity contribution in [2.45, 2.75) is 135 Å². The third-order valence-corrected chi connectivity index (χ3v) is 9.37. The van der Waals surface area contributed by atoms with E-state index >= 15 is 0 Å². The molecule has 13 heteroatoms. The average Bonchev–Trinajstić information content (AvgIpc) is 2.88. The lowest BCUT2D eigenvalue weighted by atomic mass is 9.73. The van der Waals surface area contributed by atoms with Gasteiger partial charge in [0, 0.05) is 24.2 Å². The van der Waals surface area contributed by atoms with E-state index < -0.39 is 94.4 Å². The number of hydroxylamine groups is 3. The molecule has 0 radical (unpaired) electrons. The zero-order chi connectivity index (χ0) is 32.5. The van der Waals surface area contributed by atoms with Gasteiger partial charge in [-0.2, -0.15) is 0 Å². The molecule has 0 aliphatic carbocycles. The van der Waals surface area contributed by atoms with Crippen LogP contribution in [-0.2, 0) is 19.0 Å². The SMILES string of the molecule is CC[C@H]1OC(=O)[C@H](C)[C@@H](O)[C@H](C)[C@@H](O[C@@H]2O[C@H](C)C[C@H]([N+](C)(C)[O-])[C@H]2O)C(C)(O)C[C@@H](C)/C(=N\O)[C@H](C)[C@@H](O)[C@]1(C)O. The average molecular weight is 607 g/mol. The zero-order valence-corrected chi connectivity index (χ0v) is 26.7. The quantitative estimate of drug-likeness (QED) is 0.116.